The van der Waals surface area contributed by atoms with Gasteiger partial charge in [-0.25, -0.2) is 0 Å². The Hall–Kier alpha value is 0.326. The molecule has 98 valence electrons. The molecular weight excluding hydrogens is 428 g/mol. The van der Waals surface area contributed by atoms with Gasteiger partial charge in [-0.1, -0.05) is 0 Å². The van der Waals surface area contributed by atoms with Crippen molar-refractivity contribution in [3.63, 3.8) is 0 Å². The van der Waals surface area contributed by atoms with Crippen molar-refractivity contribution in [2.45, 2.75) is 10.1 Å². The summed E-state index contributed by atoms with van der Waals surface area (Å²) < 4.78 is 1.55. The van der Waals surface area contributed by atoms with Crippen LogP contribution in [0.25, 0.3) is 0 Å². The number of halogens is 2. The predicted molar refractivity (Wildman–Crippen MR) is 68.3 cm³/mol. The van der Waals surface area contributed by atoms with E-state index in [-0.39, 0.29) is 57.0 Å². The van der Waals surface area contributed by atoms with Crippen LogP contribution in [0.1, 0.15) is 0 Å². The summed E-state index contributed by atoms with van der Waals surface area (Å²) in [5.41, 5.74) is 0. The molecule has 4 nitrogen and oxygen atoms in total. The summed E-state index contributed by atoms with van der Waals surface area (Å²) in [7, 11) is 2.52. The van der Waals surface area contributed by atoms with Gasteiger partial charge in [0.1, 0.15) is 0 Å². The summed E-state index contributed by atoms with van der Waals surface area (Å²) in [6.45, 7) is 0. The summed E-state index contributed by atoms with van der Waals surface area (Å²) in [4.78, 5) is 0. The van der Waals surface area contributed by atoms with E-state index in [0.717, 1.165) is 9.46 Å². The van der Waals surface area contributed by atoms with Gasteiger partial charge in [0.15, 0.2) is 12.4 Å². The zero-order valence-corrected chi connectivity index (χ0v) is 15.8. The third-order valence-corrected chi connectivity index (χ3v) is 4.12. The van der Waals surface area contributed by atoms with Crippen molar-refractivity contribution in [3.8, 4) is 0 Å². The Morgan fingerprint density at radius 2 is 1.11 bits per heavy atom. The minimum atomic E-state index is 0. The van der Waals surface area contributed by atoms with E-state index in [0.29, 0.717) is 10.1 Å². The second-order valence-electron chi connectivity index (χ2n) is 2.90. The fourth-order valence-electron chi connectivity index (χ4n) is 1.04. The minimum absolute atomic E-state index is 0. The van der Waals surface area contributed by atoms with Gasteiger partial charge in [-0.3, -0.25) is 0 Å². The largest absolute Gasteiger partial charge is 2.00 e. The fraction of sp³-hybridized carbons (Fsp3) is 0. The van der Waals surface area contributed by atoms with Gasteiger partial charge in [-0.2, -0.15) is 9.46 Å². The van der Waals surface area contributed by atoms with Crippen LogP contribution in [0.3, 0.4) is 0 Å². The maximum absolute atomic E-state index is 11.3. The van der Waals surface area contributed by atoms with Crippen LogP contribution < -0.4 is 43.4 Å². The van der Waals surface area contributed by atoms with Crippen molar-refractivity contribution in [1.29, 1.82) is 0 Å². The molecule has 0 amide bonds. The fourth-order valence-corrected chi connectivity index (χ4v) is 3.03. The Kier molecular flexibility index (Phi) is 12.6. The molecule has 0 aliphatic rings. The van der Waals surface area contributed by atoms with Gasteiger partial charge in [-0.15, -0.1) is 0 Å². The Labute approximate surface area is 156 Å². The average Bonchev–Trinajstić information content (AvgIpc) is 2.30. The molecule has 0 atom stereocenters. The quantitative estimate of drug-likeness (QED) is 0.210. The molecule has 0 spiro atoms. The van der Waals surface area contributed by atoms with Gasteiger partial charge in [0.2, 0.25) is 0 Å². The van der Waals surface area contributed by atoms with Gasteiger partial charge in [0, 0.05) is 45.9 Å². The van der Waals surface area contributed by atoms with Crippen LogP contribution in [-0.2, 0) is 0 Å². The first kappa shape index (κ1) is 21.6. The molecule has 2 rings (SSSR count). The summed E-state index contributed by atoms with van der Waals surface area (Å²) in [5, 5.41) is 23.8. The monoisotopic (exact) mass is 434 g/mol. The maximum atomic E-state index is 11.3. The molecule has 0 aliphatic heterocycles. The van der Waals surface area contributed by atoms with Crippen molar-refractivity contribution >= 4 is 44.6 Å². The molecule has 0 bridgehead atoms. The van der Waals surface area contributed by atoms with Crippen molar-refractivity contribution in [1.82, 2.24) is 0 Å². The molecule has 0 N–H and O–H groups in total. The maximum Gasteiger partial charge on any atom is 2.00 e. The molecule has 0 aliphatic carbocycles. The van der Waals surface area contributed by atoms with Crippen LogP contribution >= 0.6 is 21.6 Å². The summed E-state index contributed by atoms with van der Waals surface area (Å²) in [6.07, 6.45) is 2.86. The molecule has 0 fully saturated rings. The summed E-state index contributed by atoms with van der Waals surface area (Å²) in [5.74, 6) is 0. The topological polar surface area (TPSA) is 53.9 Å². The van der Waals surface area contributed by atoms with Crippen LogP contribution in [0.5, 0.6) is 0 Å². The number of hydrogen-bond donors (Lipinski definition) is 0. The third kappa shape index (κ3) is 6.54. The molecule has 2 aromatic heterocycles. The van der Waals surface area contributed by atoms with Crippen LogP contribution in [0.2, 0.25) is 0 Å². The van der Waals surface area contributed by atoms with Crippen molar-refractivity contribution in [3.05, 3.63) is 59.2 Å². The third-order valence-electron chi connectivity index (χ3n) is 1.79. The van der Waals surface area contributed by atoms with Crippen LogP contribution in [-0.4, -0.2) is 23.1 Å². The van der Waals surface area contributed by atoms with Gasteiger partial charge in [-0.05, 0) is 12.1 Å². The smallest absolute Gasteiger partial charge is 1.00 e. The standard InChI is InChI=1S/C10H8N2O2S2.2BrH.Mg/c13-11-7-3-1-5-9(11)15-16-10-6-2-4-8-12(10)14;;;/h1-8H;2*1H;/q;;;+2/p-2. The number of nitrogens with zero attached hydrogens (tertiary/aromatic N) is 2. The van der Waals surface area contributed by atoms with E-state index in [9.17, 15) is 10.4 Å². The first-order chi connectivity index (χ1) is 7.77. The van der Waals surface area contributed by atoms with Gasteiger partial charge in [0.05, 0.1) is 0 Å². The molecule has 19 heavy (non-hydrogen) atoms. The molecule has 0 saturated heterocycles. The molecular formula is C10H8Br2MgN2O2S2. The number of hydrogen-bond acceptors (Lipinski definition) is 4. The van der Waals surface area contributed by atoms with Crippen LogP contribution in [0.4, 0.5) is 0 Å². The molecule has 9 heteroatoms. The SMILES string of the molecule is [Br-].[Br-].[Mg+2].[O-][n+]1ccccc1SSc1cccc[n+]1[O-]. The van der Waals surface area contributed by atoms with Gasteiger partial charge < -0.3 is 44.4 Å². The van der Waals surface area contributed by atoms with Crippen molar-refractivity contribution in [2.75, 3.05) is 0 Å². The predicted octanol–water partition coefficient (Wildman–Crippen LogP) is -4.62. The van der Waals surface area contributed by atoms with E-state index < -0.39 is 0 Å². The summed E-state index contributed by atoms with van der Waals surface area (Å²) >= 11 is 0. The van der Waals surface area contributed by atoms with E-state index in [1.165, 1.54) is 34.0 Å². The molecule has 0 saturated carbocycles. The van der Waals surface area contributed by atoms with E-state index in [1.807, 2.05) is 0 Å². The van der Waals surface area contributed by atoms with E-state index in [1.54, 1.807) is 36.4 Å². The number of rotatable bonds is 3. The van der Waals surface area contributed by atoms with E-state index >= 15 is 0 Å². The number of aromatic nitrogens is 2. The second kappa shape index (κ2) is 11.0. The van der Waals surface area contributed by atoms with Crippen LogP contribution in [0.15, 0.2) is 58.8 Å². The Balaban J connectivity index is 0. The molecule has 0 radical (unpaired) electrons. The van der Waals surface area contributed by atoms with Gasteiger partial charge >= 0.3 is 23.1 Å². The summed E-state index contributed by atoms with van der Waals surface area (Å²) in [6, 6.07) is 10.3. The Morgan fingerprint density at radius 1 is 0.737 bits per heavy atom. The molecule has 0 unspecified atom stereocenters. The normalized spacial score (nSPS) is 8.63. The molecule has 2 aromatic rings. The minimum Gasteiger partial charge on any atom is -1.00 e. The van der Waals surface area contributed by atoms with Crippen LogP contribution in [0, 0.1) is 10.4 Å². The molecule has 0 aromatic carbocycles. The molecule has 2 heterocycles. The van der Waals surface area contributed by atoms with Crippen molar-refractivity contribution in [2.24, 2.45) is 0 Å². The van der Waals surface area contributed by atoms with E-state index in [4.69, 9.17) is 0 Å². The average molecular weight is 436 g/mol. The first-order valence-corrected chi connectivity index (χ1v) is 6.63. The first-order valence-electron chi connectivity index (χ1n) is 4.48. The van der Waals surface area contributed by atoms with Crippen molar-refractivity contribution < 1.29 is 43.4 Å². The second-order valence-corrected chi connectivity index (χ2v) is 5.07. The van der Waals surface area contributed by atoms with Gasteiger partial charge in [0.25, 0.3) is 10.1 Å². The zero-order valence-electron chi connectivity index (χ0n) is 9.61. The Bertz CT molecular complexity index is 463. The Morgan fingerprint density at radius 3 is 1.42 bits per heavy atom. The zero-order chi connectivity index (χ0) is 11.4. The van der Waals surface area contributed by atoms with E-state index in [2.05, 4.69) is 0 Å². The number of pyridine rings is 2.